The van der Waals surface area contributed by atoms with Gasteiger partial charge < -0.3 is 14.8 Å². The average Bonchev–Trinajstić information content (AvgIpc) is 3.64. The molecule has 0 bridgehead atoms. The van der Waals surface area contributed by atoms with Gasteiger partial charge in [-0.15, -0.1) is 23.2 Å². The first-order chi connectivity index (χ1) is 21.1. The number of amides is 4. The van der Waals surface area contributed by atoms with Crippen molar-refractivity contribution in [1.82, 2.24) is 4.90 Å². The zero-order chi connectivity index (χ0) is 31.0. The number of rotatable bonds is 6. The van der Waals surface area contributed by atoms with Gasteiger partial charge in [-0.25, -0.2) is 0 Å². The summed E-state index contributed by atoms with van der Waals surface area (Å²) in [7, 11) is 0. The molecule has 226 valence electrons. The van der Waals surface area contributed by atoms with Gasteiger partial charge in [0.2, 0.25) is 11.8 Å². The second-order valence-corrected chi connectivity index (χ2v) is 13.2. The van der Waals surface area contributed by atoms with Gasteiger partial charge in [0.15, 0.2) is 9.75 Å². The molecule has 0 unspecified atom stereocenters. The molecule has 9 nitrogen and oxygen atoms in total. The summed E-state index contributed by atoms with van der Waals surface area (Å²) in [5, 5.41) is 13.0. The molecule has 7 rings (SSSR count). The minimum atomic E-state index is -1.95. The van der Waals surface area contributed by atoms with Gasteiger partial charge in [-0.3, -0.25) is 29.0 Å². The van der Waals surface area contributed by atoms with Gasteiger partial charge in [-0.1, -0.05) is 45.8 Å². The number of aliphatic hydroxyl groups is 1. The summed E-state index contributed by atoms with van der Waals surface area (Å²) in [6.45, 7) is -0.386. The Bertz CT molecular complexity index is 1730. The summed E-state index contributed by atoms with van der Waals surface area (Å²) < 4.78 is 5.90. The van der Waals surface area contributed by atoms with E-state index in [9.17, 15) is 24.3 Å². The van der Waals surface area contributed by atoms with Crippen molar-refractivity contribution in [3.8, 4) is 0 Å². The zero-order valence-corrected chi connectivity index (χ0v) is 26.2. The molecule has 2 saturated heterocycles. The molecular formula is C32H26BrCl2N3O6. The SMILES string of the molecule is O=C1[C@H]2[C@H](CC=C3[C@H]2C[C@@]2(Cl)C(=O)N(CBr)C(=O)[C@@]2(Cl)[C@H]3c2ccc(CO)o2)C(=O)N1c1ccc(Nc2ccccc2)cc1. The lowest BCUT2D eigenvalue weighted by atomic mass is 9.57. The minimum Gasteiger partial charge on any atom is -0.463 e. The number of imide groups is 2. The number of carbonyl (C=O) groups is 4. The summed E-state index contributed by atoms with van der Waals surface area (Å²) in [5.74, 6) is -4.77. The van der Waals surface area contributed by atoms with Crippen LogP contribution in [0.15, 0.2) is 82.8 Å². The summed E-state index contributed by atoms with van der Waals surface area (Å²) in [6.07, 6.45) is 1.96. The zero-order valence-electron chi connectivity index (χ0n) is 23.1. The summed E-state index contributed by atoms with van der Waals surface area (Å²) in [5.41, 5.74) is 2.64. The predicted molar refractivity (Wildman–Crippen MR) is 167 cm³/mol. The Kier molecular flexibility index (Phi) is 7.04. The van der Waals surface area contributed by atoms with Gasteiger partial charge >= 0.3 is 0 Å². The molecule has 0 radical (unpaired) electrons. The number of hydrogen-bond acceptors (Lipinski definition) is 7. The van der Waals surface area contributed by atoms with Gasteiger partial charge in [-0.05, 0) is 67.3 Å². The Labute approximate surface area is 270 Å². The summed E-state index contributed by atoms with van der Waals surface area (Å²) in [6, 6.07) is 19.8. The fourth-order valence-electron chi connectivity index (χ4n) is 7.34. The average molecular weight is 699 g/mol. The first-order valence-electron chi connectivity index (χ1n) is 14.1. The molecular weight excluding hydrogens is 673 g/mol. The highest BCUT2D eigenvalue weighted by molar-refractivity contribution is 9.09. The van der Waals surface area contributed by atoms with E-state index < -0.39 is 51.1 Å². The summed E-state index contributed by atoms with van der Waals surface area (Å²) >= 11 is 17.6. The molecule has 0 spiro atoms. The van der Waals surface area contributed by atoms with Gasteiger partial charge in [0.1, 0.15) is 18.1 Å². The van der Waals surface area contributed by atoms with Crippen LogP contribution in [0.3, 0.4) is 0 Å². The summed E-state index contributed by atoms with van der Waals surface area (Å²) in [4.78, 5) is 53.8. The van der Waals surface area contributed by atoms with Crippen molar-refractivity contribution < 1.29 is 28.7 Å². The van der Waals surface area contributed by atoms with Crippen molar-refractivity contribution in [2.45, 2.75) is 35.1 Å². The Morgan fingerprint density at radius 2 is 1.61 bits per heavy atom. The number of allylic oxidation sites excluding steroid dienone is 2. The van der Waals surface area contributed by atoms with Crippen LogP contribution >= 0.6 is 39.1 Å². The van der Waals surface area contributed by atoms with E-state index in [1.54, 1.807) is 36.4 Å². The number of alkyl halides is 3. The van der Waals surface area contributed by atoms with E-state index in [1.165, 1.54) is 4.90 Å². The van der Waals surface area contributed by atoms with Gasteiger partial charge in [0, 0.05) is 11.4 Å². The molecule has 3 heterocycles. The second kappa shape index (κ2) is 10.6. The Morgan fingerprint density at radius 1 is 0.909 bits per heavy atom. The molecule has 1 saturated carbocycles. The molecule has 44 heavy (non-hydrogen) atoms. The van der Waals surface area contributed by atoms with Gasteiger partial charge in [-0.2, -0.15) is 0 Å². The van der Waals surface area contributed by atoms with Crippen LogP contribution in [0, 0.1) is 17.8 Å². The maximum atomic E-state index is 14.2. The van der Waals surface area contributed by atoms with Crippen LogP contribution < -0.4 is 10.2 Å². The molecule has 2 N–H and O–H groups in total. The van der Waals surface area contributed by atoms with Crippen molar-refractivity contribution in [2.75, 3.05) is 15.7 Å². The van der Waals surface area contributed by atoms with Crippen molar-refractivity contribution in [1.29, 1.82) is 0 Å². The van der Waals surface area contributed by atoms with Crippen molar-refractivity contribution in [3.63, 3.8) is 0 Å². The van der Waals surface area contributed by atoms with E-state index in [-0.39, 0.29) is 42.3 Å². The van der Waals surface area contributed by atoms with E-state index in [0.29, 0.717) is 11.3 Å². The number of nitrogens with one attached hydrogen (secondary N) is 1. The second-order valence-electron chi connectivity index (χ2n) is 11.5. The highest BCUT2D eigenvalue weighted by Crippen LogP contribution is 2.65. The van der Waals surface area contributed by atoms with E-state index in [1.807, 2.05) is 36.4 Å². The van der Waals surface area contributed by atoms with Crippen LogP contribution in [-0.4, -0.2) is 48.8 Å². The van der Waals surface area contributed by atoms with Crippen LogP contribution in [0.5, 0.6) is 0 Å². The van der Waals surface area contributed by atoms with E-state index in [2.05, 4.69) is 21.2 Å². The largest absolute Gasteiger partial charge is 0.463 e. The maximum absolute atomic E-state index is 14.2. The molecule has 2 aliphatic heterocycles. The number of anilines is 3. The fourth-order valence-corrected chi connectivity index (χ4v) is 8.74. The normalized spacial score (nSPS) is 31.1. The standard InChI is InChI=1S/C32H26BrCl2N3O6/c33-16-37-29(42)31(34)14-23-21(26(32(31,35)30(37)43)24-13-10-20(15-39)44-24)11-12-22-25(23)28(41)38(27(22)40)19-8-6-18(7-9-19)36-17-4-2-1-3-5-17/h1-11,13,22-23,25-26,36,39H,12,14-16H2/t22-,23+,25-,26+,31+,32-/m0/s1. The van der Waals surface area contributed by atoms with Crippen molar-refractivity contribution in [2.24, 2.45) is 17.8 Å². The molecule has 4 aliphatic rings. The van der Waals surface area contributed by atoms with Gasteiger partial charge in [0.25, 0.3) is 11.8 Å². The molecule has 2 aromatic carbocycles. The molecule has 6 atom stereocenters. The number of halogens is 3. The van der Waals surface area contributed by atoms with Gasteiger partial charge in [0.05, 0.1) is 28.9 Å². The molecule has 4 amide bonds. The first-order valence-corrected chi connectivity index (χ1v) is 16.0. The van der Waals surface area contributed by atoms with Crippen LogP contribution in [0.25, 0.3) is 0 Å². The van der Waals surface area contributed by atoms with E-state index >= 15 is 0 Å². The molecule has 3 aromatic rings. The first kappa shape index (κ1) is 29.3. The monoisotopic (exact) mass is 697 g/mol. The number of furan rings is 1. The lowest BCUT2D eigenvalue weighted by molar-refractivity contribution is -0.138. The third-order valence-corrected chi connectivity index (χ3v) is 11.2. The molecule has 2 aliphatic carbocycles. The number of aliphatic hydroxyl groups excluding tert-OH is 1. The highest BCUT2D eigenvalue weighted by Gasteiger charge is 2.76. The molecule has 1 aromatic heterocycles. The Hall–Kier alpha value is -3.44. The Morgan fingerprint density at radius 3 is 2.27 bits per heavy atom. The van der Waals surface area contributed by atoms with E-state index in [0.717, 1.165) is 16.3 Å². The molecule has 3 fully saturated rings. The third kappa shape index (κ3) is 4.00. The van der Waals surface area contributed by atoms with Crippen molar-refractivity contribution in [3.05, 3.63) is 89.9 Å². The number of nitrogens with zero attached hydrogens (tertiary/aromatic N) is 2. The lowest BCUT2D eigenvalue weighted by Crippen LogP contribution is -2.60. The number of para-hydroxylation sites is 1. The topological polar surface area (TPSA) is 120 Å². The van der Waals surface area contributed by atoms with Crippen LogP contribution in [0.2, 0.25) is 0 Å². The minimum absolute atomic E-state index is 0.115. The number of carbonyl (C=O) groups excluding carboxylic acids is 4. The number of likely N-dealkylation sites (tertiary alicyclic amines) is 1. The van der Waals surface area contributed by atoms with E-state index in [4.69, 9.17) is 27.6 Å². The van der Waals surface area contributed by atoms with Crippen LogP contribution in [0.4, 0.5) is 17.1 Å². The van der Waals surface area contributed by atoms with Crippen LogP contribution in [-0.2, 0) is 25.8 Å². The Balaban J connectivity index is 1.26. The number of fused-ring (bicyclic) bond motifs is 4. The third-order valence-electron chi connectivity index (χ3n) is 9.33. The lowest BCUT2D eigenvalue weighted by Gasteiger charge is -2.49. The van der Waals surface area contributed by atoms with Crippen LogP contribution in [0.1, 0.15) is 30.3 Å². The highest BCUT2D eigenvalue weighted by atomic mass is 79.9. The quantitative estimate of drug-likeness (QED) is 0.153. The fraction of sp³-hybridized carbons (Fsp3) is 0.312. The van der Waals surface area contributed by atoms with Crippen molar-refractivity contribution >= 4 is 79.8 Å². The predicted octanol–water partition coefficient (Wildman–Crippen LogP) is 5.43. The molecule has 12 heteroatoms. The number of hydrogen-bond donors (Lipinski definition) is 2. The number of benzene rings is 2. The maximum Gasteiger partial charge on any atom is 0.254 e. The smallest absolute Gasteiger partial charge is 0.254 e.